The van der Waals surface area contributed by atoms with E-state index in [9.17, 15) is 0 Å². The lowest BCUT2D eigenvalue weighted by molar-refractivity contribution is 0.100. The highest BCUT2D eigenvalue weighted by Gasteiger charge is 2.16. The molecular formula is C7H15N3O2S2. The Morgan fingerprint density at radius 1 is 1.64 bits per heavy atom. The van der Waals surface area contributed by atoms with Gasteiger partial charge in [-0.25, -0.2) is 0 Å². The number of hydrogen-bond donors (Lipinski definition) is 3. The third-order valence-corrected chi connectivity index (χ3v) is 2.06. The molecule has 0 aliphatic heterocycles. The molecule has 0 amide bonds. The Bertz CT molecular complexity index is 213. The lowest BCUT2D eigenvalue weighted by Crippen LogP contribution is -2.36. The molecule has 1 unspecified atom stereocenters. The highest BCUT2D eigenvalue weighted by molar-refractivity contribution is 8.12. The Morgan fingerprint density at radius 2 is 2.21 bits per heavy atom. The minimum absolute atomic E-state index is 0.0102. The van der Waals surface area contributed by atoms with Crippen LogP contribution in [0.25, 0.3) is 0 Å². The Morgan fingerprint density at radius 3 is 2.64 bits per heavy atom. The summed E-state index contributed by atoms with van der Waals surface area (Å²) < 4.78 is 9.97. The van der Waals surface area contributed by atoms with Crippen molar-refractivity contribution in [1.29, 1.82) is 5.41 Å². The van der Waals surface area contributed by atoms with E-state index in [4.69, 9.17) is 26.4 Å². The average Bonchev–Trinajstić information content (AvgIpc) is 2.13. The number of ether oxygens (including phenoxy) is 2. The zero-order chi connectivity index (χ0) is 11.1. The molecule has 82 valence electrons. The monoisotopic (exact) mass is 237 g/mol. The first-order valence-corrected chi connectivity index (χ1v) is 5.57. The number of nitrogens with two attached hydrogens (primary N) is 2. The number of thiocarbonyl (C=S) groups is 1. The van der Waals surface area contributed by atoms with Crippen LogP contribution in [-0.4, -0.2) is 29.5 Å². The molecule has 0 aliphatic carbocycles. The summed E-state index contributed by atoms with van der Waals surface area (Å²) in [7, 11) is 0. The molecule has 7 heteroatoms. The first-order valence-electron chi connectivity index (χ1n) is 3.94. The van der Waals surface area contributed by atoms with Crippen molar-refractivity contribution in [2.45, 2.75) is 13.2 Å². The van der Waals surface area contributed by atoms with Crippen molar-refractivity contribution in [2.24, 2.45) is 17.4 Å². The molecule has 0 fully saturated rings. The summed E-state index contributed by atoms with van der Waals surface area (Å²) >= 11 is 5.72. The number of rotatable bonds is 4. The summed E-state index contributed by atoms with van der Waals surface area (Å²) in [6.07, 6.45) is 1.16. The van der Waals surface area contributed by atoms with Crippen molar-refractivity contribution in [3.8, 4) is 0 Å². The van der Waals surface area contributed by atoms with E-state index < -0.39 is 6.23 Å². The van der Waals surface area contributed by atoms with Crippen LogP contribution in [0.1, 0.15) is 6.92 Å². The van der Waals surface area contributed by atoms with Crippen molar-refractivity contribution < 1.29 is 9.47 Å². The summed E-state index contributed by atoms with van der Waals surface area (Å²) in [5.74, 6) is -0.0796. The molecule has 5 N–H and O–H groups in total. The third-order valence-electron chi connectivity index (χ3n) is 1.48. The van der Waals surface area contributed by atoms with Gasteiger partial charge in [-0.2, -0.15) is 0 Å². The number of thioether (sulfide) groups is 1. The molecule has 0 radical (unpaired) electrons. The van der Waals surface area contributed by atoms with Gasteiger partial charge in [0.15, 0.2) is 6.23 Å². The van der Waals surface area contributed by atoms with Crippen molar-refractivity contribution in [3.63, 3.8) is 0 Å². The second-order valence-corrected chi connectivity index (χ2v) is 3.86. The maximum Gasteiger partial charge on any atom is 0.253 e. The fraction of sp³-hybridized carbons (Fsp3) is 0.714. The van der Waals surface area contributed by atoms with Gasteiger partial charge >= 0.3 is 0 Å². The molecule has 14 heavy (non-hydrogen) atoms. The lowest BCUT2D eigenvalue weighted by atomic mass is 10.2. The molecule has 5 nitrogen and oxygen atoms in total. The second-order valence-electron chi connectivity index (χ2n) is 2.68. The van der Waals surface area contributed by atoms with Crippen molar-refractivity contribution in [1.82, 2.24) is 0 Å². The van der Waals surface area contributed by atoms with Crippen LogP contribution in [0.3, 0.4) is 0 Å². The quantitative estimate of drug-likeness (QED) is 0.285. The standard InChI is InChI=1S/C7H15N3O2S2/c1-4(3-11-6(9)13)5(8)12-7(10)14-2/h4-5,10H,3,8H2,1-2H3,(H2,9,13)/t4?,5-/m0/s1. The summed E-state index contributed by atoms with van der Waals surface area (Å²) in [5, 5.41) is 7.32. The van der Waals surface area contributed by atoms with E-state index in [2.05, 4.69) is 12.2 Å². The molecule has 0 bridgehead atoms. The maximum atomic E-state index is 7.25. The van der Waals surface area contributed by atoms with Gasteiger partial charge in [-0.15, -0.1) is 0 Å². The van der Waals surface area contributed by atoms with Crippen molar-refractivity contribution >= 4 is 34.4 Å². The van der Waals surface area contributed by atoms with Crippen LogP contribution in [0.4, 0.5) is 0 Å². The fourth-order valence-corrected chi connectivity index (χ4v) is 0.872. The third kappa shape index (κ3) is 6.01. The molecule has 0 saturated heterocycles. The van der Waals surface area contributed by atoms with Gasteiger partial charge in [0.25, 0.3) is 5.17 Å². The topological polar surface area (TPSA) is 94.3 Å². The highest BCUT2D eigenvalue weighted by atomic mass is 32.2. The van der Waals surface area contributed by atoms with E-state index in [0.29, 0.717) is 0 Å². The van der Waals surface area contributed by atoms with E-state index in [-0.39, 0.29) is 22.9 Å². The van der Waals surface area contributed by atoms with Gasteiger partial charge in [-0.05, 0) is 18.5 Å². The number of nitrogens with one attached hydrogen (secondary N) is 1. The number of hydrogen-bond acceptors (Lipinski definition) is 6. The molecule has 0 spiro atoms. The van der Waals surface area contributed by atoms with E-state index in [1.54, 1.807) is 6.26 Å². The predicted molar refractivity (Wildman–Crippen MR) is 62.2 cm³/mol. The van der Waals surface area contributed by atoms with Crippen LogP contribution in [0.15, 0.2) is 0 Å². The SMILES string of the molecule is CSC(=N)O[C@H](N)C(C)COC(N)=S. The van der Waals surface area contributed by atoms with Crippen LogP contribution < -0.4 is 11.5 Å². The molecule has 0 aromatic heterocycles. The zero-order valence-electron chi connectivity index (χ0n) is 8.15. The molecule has 0 aromatic carbocycles. The minimum Gasteiger partial charge on any atom is -0.471 e. The Labute approximate surface area is 93.0 Å². The Kier molecular flexibility index (Phi) is 6.60. The normalized spacial score (nSPS) is 14.2. The van der Waals surface area contributed by atoms with Gasteiger partial charge in [0.05, 0.1) is 6.61 Å². The molecule has 0 rings (SSSR count). The summed E-state index contributed by atoms with van der Waals surface area (Å²) in [5.41, 5.74) is 10.8. The zero-order valence-corrected chi connectivity index (χ0v) is 9.78. The Balaban J connectivity index is 3.80. The van der Waals surface area contributed by atoms with E-state index in [1.807, 2.05) is 6.92 Å². The molecule has 2 atom stereocenters. The highest BCUT2D eigenvalue weighted by Crippen LogP contribution is 2.07. The first-order chi connectivity index (χ1) is 6.47. The van der Waals surface area contributed by atoms with E-state index in [0.717, 1.165) is 0 Å². The molecule has 0 aromatic rings. The molecular weight excluding hydrogens is 222 g/mol. The first kappa shape index (κ1) is 13.5. The van der Waals surface area contributed by atoms with Crippen LogP contribution >= 0.6 is 24.0 Å². The van der Waals surface area contributed by atoms with Gasteiger partial charge in [-0.3, -0.25) is 11.1 Å². The smallest absolute Gasteiger partial charge is 0.253 e. The lowest BCUT2D eigenvalue weighted by Gasteiger charge is -2.20. The van der Waals surface area contributed by atoms with E-state index in [1.165, 1.54) is 11.8 Å². The van der Waals surface area contributed by atoms with Gasteiger partial charge in [0.2, 0.25) is 5.23 Å². The average molecular weight is 237 g/mol. The van der Waals surface area contributed by atoms with Gasteiger partial charge in [-0.1, -0.05) is 18.7 Å². The van der Waals surface area contributed by atoms with Crippen molar-refractivity contribution in [3.05, 3.63) is 0 Å². The largest absolute Gasteiger partial charge is 0.471 e. The maximum absolute atomic E-state index is 7.25. The predicted octanol–water partition coefficient (Wildman–Crippen LogP) is 0.482. The summed E-state index contributed by atoms with van der Waals surface area (Å²) in [6.45, 7) is 2.12. The molecule has 0 heterocycles. The fourth-order valence-electron chi connectivity index (χ4n) is 0.596. The van der Waals surface area contributed by atoms with Crippen LogP contribution in [0, 0.1) is 11.3 Å². The minimum atomic E-state index is -0.579. The van der Waals surface area contributed by atoms with Gasteiger partial charge < -0.3 is 15.2 Å². The molecule has 0 saturated carbocycles. The van der Waals surface area contributed by atoms with Crippen molar-refractivity contribution in [2.75, 3.05) is 12.9 Å². The van der Waals surface area contributed by atoms with E-state index >= 15 is 0 Å². The molecule has 0 aliphatic rings. The van der Waals surface area contributed by atoms with Crippen LogP contribution in [0.2, 0.25) is 0 Å². The van der Waals surface area contributed by atoms with Crippen LogP contribution in [-0.2, 0) is 9.47 Å². The van der Waals surface area contributed by atoms with Crippen LogP contribution in [0.5, 0.6) is 0 Å². The van der Waals surface area contributed by atoms with Gasteiger partial charge in [0, 0.05) is 5.92 Å². The summed E-state index contributed by atoms with van der Waals surface area (Å²) in [4.78, 5) is 0. The van der Waals surface area contributed by atoms with Gasteiger partial charge in [0.1, 0.15) is 0 Å². The Hall–Kier alpha value is -0.530. The summed E-state index contributed by atoms with van der Waals surface area (Å²) in [6, 6.07) is 0. The second kappa shape index (κ2) is 6.86.